The molecule has 0 fully saturated rings. The van der Waals surface area contributed by atoms with E-state index in [1.54, 1.807) is 6.20 Å². The van der Waals surface area contributed by atoms with Gasteiger partial charge in [-0.15, -0.1) is 0 Å². The number of hydrogen-bond acceptors (Lipinski definition) is 2. The van der Waals surface area contributed by atoms with Crippen molar-refractivity contribution in [2.24, 2.45) is 0 Å². The molecule has 3 heteroatoms. The molecule has 0 amide bonds. The van der Waals surface area contributed by atoms with Crippen LogP contribution < -0.4 is 5.32 Å². The van der Waals surface area contributed by atoms with E-state index >= 15 is 0 Å². The van der Waals surface area contributed by atoms with E-state index in [1.807, 2.05) is 6.07 Å². The van der Waals surface area contributed by atoms with Crippen LogP contribution in [-0.2, 0) is 13.1 Å². The van der Waals surface area contributed by atoms with Crippen LogP contribution in [-0.4, -0.2) is 10.2 Å². The van der Waals surface area contributed by atoms with E-state index < -0.39 is 0 Å². The fourth-order valence-corrected chi connectivity index (χ4v) is 1.72. The summed E-state index contributed by atoms with van der Waals surface area (Å²) in [7, 11) is 0. The average Bonchev–Trinajstić information content (AvgIpc) is 2.77. The summed E-state index contributed by atoms with van der Waals surface area (Å²) in [5.74, 6) is 0. The zero-order chi connectivity index (χ0) is 11.4. The minimum absolute atomic E-state index is 0.827. The van der Waals surface area contributed by atoms with Gasteiger partial charge in [0.15, 0.2) is 0 Å². The lowest BCUT2D eigenvalue weighted by Gasteiger charge is -2.09. The maximum Gasteiger partial charge on any atom is 0.0490 e. The Balaban J connectivity index is 1.92. The van der Waals surface area contributed by atoms with Gasteiger partial charge in [0.05, 0.1) is 0 Å². The lowest BCUT2D eigenvalue weighted by atomic mass is 10.0. The van der Waals surface area contributed by atoms with Gasteiger partial charge < -0.3 is 5.32 Å². The van der Waals surface area contributed by atoms with E-state index in [0.717, 1.165) is 18.8 Å². The number of aryl methyl sites for hydroxylation is 1. The third kappa shape index (κ3) is 2.49. The number of nitrogens with one attached hydrogen (secondary N) is 2. The van der Waals surface area contributed by atoms with Crippen molar-refractivity contribution < 1.29 is 0 Å². The molecule has 0 aliphatic rings. The van der Waals surface area contributed by atoms with E-state index in [0.29, 0.717) is 0 Å². The molecular weight excluding hydrogens is 198 g/mol. The van der Waals surface area contributed by atoms with Crippen molar-refractivity contribution in [2.45, 2.75) is 26.9 Å². The van der Waals surface area contributed by atoms with Crippen LogP contribution in [0.25, 0.3) is 0 Å². The molecule has 0 radical (unpaired) electrons. The third-order valence-electron chi connectivity index (χ3n) is 2.91. The molecule has 2 rings (SSSR count). The lowest BCUT2D eigenvalue weighted by Crippen LogP contribution is -2.14. The van der Waals surface area contributed by atoms with Crippen molar-refractivity contribution in [1.82, 2.24) is 15.5 Å². The molecular formula is C13H17N3. The van der Waals surface area contributed by atoms with Gasteiger partial charge in [-0.1, -0.05) is 18.2 Å². The monoisotopic (exact) mass is 215 g/mol. The van der Waals surface area contributed by atoms with Gasteiger partial charge in [0.2, 0.25) is 0 Å². The molecule has 16 heavy (non-hydrogen) atoms. The highest BCUT2D eigenvalue weighted by Crippen LogP contribution is 2.12. The standard InChI is InChI=1S/C13H17N3/c1-10-4-3-5-12(11(10)2)8-14-9-13-6-7-15-16-13/h3-7,14H,8-9H2,1-2H3,(H,15,16). The molecule has 0 spiro atoms. The Morgan fingerprint density at radius 3 is 2.81 bits per heavy atom. The van der Waals surface area contributed by atoms with Gasteiger partial charge in [0, 0.05) is 25.0 Å². The molecule has 3 nitrogen and oxygen atoms in total. The van der Waals surface area contributed by atoms with Crippen LogP contribution in [0.5, 0.6) is 0 Å². The Labute approximate surface area is 95.9 Å². The second-order valence-corrected chi connectivity index (χ2v) is 4.04. The van der Waals surface area contributed by atoms with Crippen molar-refractivity contribution >= 4 is 0 Å². The van der Waals surface area contributed by atoms with Crippen LogP contribution >= 0.6 is 0 Å². The van der Waals surface area contributed by atoms with Crippen molar-refractivity contribution in [2.75, 3.05) is 0 Å². The Bertz CT molecular complexity index is 446. The molecule has 2 N–H and O–H groups in total. The molecule has 0 aliphatic carbocycles. The van der Waals surface area contributed by atoms with Crippen LogP contribution in [0.2, 0.25) is 0 Å². The number of benzene rings is 1. The van der Waals surface area contributed by atoms with Gasteiger partial charge >= 0.3 is 0 Å². The first-order valence-corrected chi connectivity index (χ1v) is 5.51. The zero-order valence-electron chi connectivity index (χ0n) is 9.75. The van der Waals surface area contributed by atoms with Crippen molar-refractivity contribution in [3.8, 4) is 0 Å². The minimum Gasteiger partial charge on any atom is -0.307 e. The normalized spacial score (nSPS) is 10.6. The number of aromatic amines is 1. The Hall–Kier alpha value is -1.61. The molecule has 0 saturated heterocycles. The summed E-state index contributed by atoms with van der Waals surface area (Å²) in [5, 5.41) is 10.3. The fraction of sp³-hybridized carbons (Fsp3) is 0.308. The quantitative estimate of drug-likeness (QED) is 0.821. The molecule has 2 aromatic rings. The molecule has 0 bridgehead atoms. The highest BCUT2D eigenvalue weighted by Gasteiger charge is 2.00. The number of rotatable bonds is 4. The van der Waals surface area contributed by atoms with E-state index in [1.165, 1.54) is 16.7 Å². The first-order valence-electron chi connectivity index (χ1n) is 5.51. The summed E-state index contributed by atoms with van der Waals surface area (Å²) in [6, 6.07) is 8.40. The molecule has 84 valence electrons. The van der Waals surface area contributed by atoms with Crippen LogP contribution in [0.15, 0.2) is 30.5 Å². The molecule has 0 atom stereocenters. The van der Waals surface area contributed by atoms with Gasteiger partial charge in [0.1, 0.15) is 0 Å². The Kier molecular flexibility index (Phi) is 3.37. The van der Waals surface area contributed by atoms with Crippen LogP contribution in [0.1, 0.15) is 22.4 Å². The first-order chi connectivity index (χ1) is 7.77. The average molecular weight is 215 g/mol. The van der Waals surface area contributed by atoms with E-state index in [4.69, 9.17) is 0 Å². The van der Waals surface area contributed by atoms with Gasteiger partial charge in [-0.3, -0.25) is 5.10 Å². The summed E-state index contributed by atoms with van der Waals surface area (Å²) in [6.45, 7) is 6.04. The largest absolute Gasteiger partial charge is 0.307 e. The second kappa shape index (κ2) is 4.94. The zero-order valence-corrected chi connectivity index (χ0v) is 9.75. The molecule has 0 saturated carbocycles. The maximum absolute atomic E-state index is 3.91. The molecule has 0 unspecified atom stereocenters. The van der Waals surface area contributed by atoms with Gasteiger partial charge in [0.25, 0.3) is 0 Å². The van der Waals surface area contributed by atoms with E-state index in [9.17, 15) is 0 Å². The summed E-state index contributed by atoms with van der Waals surface area (Å²) in [6.07, 6.45) is 1.77. The van der Waals surface area contributed by atoms with Crippen molar-refractivity contribution in [3.63, 3.8) is 0 Å². The summed E-state index contributed by atoms with van der Waals surface area (Å²) in [5.41, 5.74) is 5.20. The van der Waals surface area contributed by atoms with Crippen molar-refractivity contribution in [1.29, 1.82) is 0 Å². The predicted molar refractivity (Wildman–Crippen MR) is 65.0 cm³/mol. The van der Waals surface area contributed by atoms with Crippen LogP contribution in [0.4, 0.5) is 0 Å². The van der Waals surface area contributed by atoms with E-state index in [-0.39, 0.29) is 0 Å². The number of hydrogen-bond donors (Lipinski definition) is 2. The smallest absolute Gasteiger partial charge is 0.0490 e. The Morgan fingerprint density at radius 2 is 2.06 bits per heavy atom. The van der Waals surface area contributed by atoms with Gasteiger partial charge in [-0.2, -0.15) is 5.10 Å². The third-order valence-corrected chi connectivity index (χ3v) is 2.91. The first kappa shape index (κ1) is 10.9. The highest BCUT2D eigenvalue weighted by molar-refractivity contribution is 5.32. The minimum atomic E-state index is 0.827. The van der Waals surface area contributed by atoms with Crippen LogP contribution in [0.3, 0.4) is 0 Å². The number of aromatic nitrogens is 2. The lowest BCUT2D eigenvalue weighted by molar-refractivity contribution is 0.674. The number of nitrogens with zero attached hydrogens (tertiary/aromatic N) is 1. The summed E-state index contributed by atoms with van der Waals surface area (Å²) < 4.78 is 0. The number of H-pyrrole nitrogens is 1. The topological polar surface area (TPSA) is 40.7 Å². The molecule has 1 aromatic heterocycles. The Morgan fingerprint density at radius 1 is 1.19 bits per heavy atom. The van der Waals surface area contributed by atoms with Crippen molar-refractivity contribution in [3.05, 3.63) is 52.8 Å². The maximum atomic E-state index is 3.91. The SMILES string of the molecule is Cc1cccc(CNCc2ccn[nH]2)c1C. The van der Waals surface area contributed by atoms with E-state index in [2.05, 4.69) is 47.6 Å². The molecule has 0 aliphatic heterocycles. The summed E-state index contributed by atoms with van der Waals surface area (Å²) >= 11 is 0. The van der Waals surface area contributed by atoms with Gasteiger partial charge in [-0.25, -0.2) is 0 Å². The van der Waals surface area contributed by atoms with Crippen LogP contribution in [0, 0.1) is 13.8 Å². The van der Waals surface area contributed by atoms with Gasteiger partial charge in [-0.05, 0) is 36.6 Å². The summed E-state index contributed by atoms with van der Waals surface area (Å²) in [4.78, 5) is 0. The highest BCUT2D eigenvalue weighted by atomic mass is 15.1. The second-order valence-electron chi connectivity index (χ2n) is 4.04. The predicted octanol–water partition coefficient (Wildman–Crippen LogP) is 2.32. The fourth-order valence-electron chi connectivity index (χ4n) is 1.72. The molecule has 1 aromatic carbocycles. The molecule has 1 heterocycles.